The van der Waals surface area contributed by atoms with Crippen LogP contribution in [0.3, 0.4) is 0 Å². The van der Waals surface area contributed by atoms with Gasteiger partial charge in [-0.3, -0.25) is 9.59 Å². The van der Waals surface area contributed by atoms with Gasteiger partial charge in [0.25, 0.3) is 0 Å². The molecule has 0 aliphatic carbocycles. The van der Waals surface area contributed by atoms with Crippen molar-refractivity contribution in [1.82, 2.24) is 29.6 Å². The Hall–Kier alpha value is -5.14. The predicted molar refractivity (Wildman–Crippen MR) is 236 cm³/mol. The number of likely N-dealkylation sites (tertiary alicyclic amines) is 2. The number of fused-ring (bicyclic) bond motifs is 7. The molecule has 2 fully saturated rings. The van der Waals surface area contributed by atoms with E-state index in [9.17, 15) is 19.2 Å². The second kappa shape index (κ2) is 17.2. The number of benzene rings is 2. The van der Waals surface area contributed by atoms with Gasteiger partial charge in [-0.25, -0.2) is 18.4 Å². The highest BCUT2D eigenvalue weighted by Crippen LogP contribution is 2.45. The Morgan fingerprint density at radius 2 is 1.00 bits per heavy atom. The standard InChI is InChI=1S/C48H64F2N6O6/c1-27(2)39(51-45(59)61-47(5,6)7)43(57)53-19-11-13-31(53)25-35-33-17-15-29(49)23-37(33)55-21-22-56-38-24-30(50)16-18-34(38)36(42(56)41(35)55)26-32-14-12-20-54(32)44(58)40(28(3)4)52-46(60)62-48(8,9)10/h15-18,23-24,27-28,31-32,39-40H,11-14,19-22,25-26H2,1-10H3,(H,51,59)(H,52,60). The number of rotatable bonds is 10. The highest BCUT2D eigenvalue weighted by atomic mass is 19.1. The van der Waals surface area contributed by atoms with Gasteiger partial charge in [0, 0.05) is 49.0 Å². The fourth-order valence-corrected chi connectivity index (χ4v) is 9.81. The Balaban J connectivity index is 1.28. The summed E-state index contributed by atoms with van der Waals surface area (Å²) in [5, 5.41) is 7.46. The lowest BCUT2D eigenvalue weighted by Gasteiger charge is -2.32. The number of nitrogens with zero attached hydrogens (tertiary/aromatic N) is 4. The van der Waals surface area contributed by atoms with Crippen LogP contribution in [-0.4, -0.2) is 91.4 Å². The van der Waals surface area contributed by atoms with Crippen LogP contribution in [-0.2, 0) is 45.0 Å². The van der Waals surface area contributed by atoms with Gasteiger partial charge in [0.2, 0.25) is 11.8 Å². The monoisotopic (exact) mass is 858 g/mol. The molecule has 0 radical (unpaired) electrons. The smallest absolute Gasteiger partial charge is 0.408 e. The van der Waals surface area contributed by atoms with E-state index in [2.05, 4.69) is 19.8 Å². The number of aryl methyl sites for hydroxylation is 2. The number of hydrogen-bond acceptors (Lipinski definition) is 6. The van der Waals surface area contributed by atoms with Crippen LogP contribution in [0.25, 0.3) is 33.2 Å². The van der Waals surface area contributed by atoms with Gasteiger partial charge in [-0.2, -0.15) is 0 Å². The number of carbonyl (C=O) groups is 4. The first-order valence-corrected chi connectivity index (χ1v) is 22.3. The van der Waals surface area contributed by atoms with E-state index in [-0.39, 0.29) is 47.4 Å². The molecule has 12 nitrogen and oxygen atoms in total. The van der Waals surface area contributed by atoms with Gasteiger partial charge in [-0.05, 0) is 139 Å². The topological polar surface area (TPSA) is 127 Å². The molecular formula is C48H64F2N6O6. The number of carbonyl (C=O) groups excluding carboxylic acids is 4. The van der Waals surface area contributed by atoms with Crippen LogP contribution in [0.15, 0.2) is 36.4 Å². The van der Waals surface area contributed by atoms with Crippen LogP contribution in [0.4, 0.5) is 18.4 Å². The lowest BCUT2D eigenvalue weighted by atomic mass is 9.94. The normalized spacial score (nSPS) is 18.9. The third-order valence-electron chi connectivity index (χ3n) is 12.4. The lowest BCUT2D eigenvalue weighted by Crippen LogP contribution is -2.53. The predicted octanol–water partition coefficient (Wildman–Crippen LogP) is 8.72. The number of hydrogen-bond donors (Lipinski definition) is 2. The summed E-state index contributed by atoms with van der Waals surface area (Å²) >= 11 is 0. The fraction of sp³-hybridized carbons (Fsp3) is 0.583. The summed E-state index contributed by atoms with van der Waals surface area (Å²) in [5.41, 5.74) is 3.78. The molecule has 336 valence electrons. The zero-order valence-electron chi connectivity index (χ0n) is 38.0. The Morgan fingerprint density at radius 1 is 0.629 bits per heavy atom. The third-order valence-corrected chi connectivity index (χ3v) is 12.4. The second-order valence-corrected chi connectivity index (χ2v) is 20.1. The van der Waals surface area contributed by atoms with Crippen LogP contribution in [0, 0.1) is 23.5 Å². The van der Waals surface area contributed by atoms with E-state index in [0.29, 0.717) is 39.0 Å². The minimum atomic E-state index is -0.796. The molecule has 7 rings (SSSR count). The van der Waals surface area contributed by atoms with Gasteiger partial charge in [0.1, 0.15) is 34.9 Å². The molecule has 5 heterocycles. The molecule has 2 aromatic carbocycles. The van der Waals surface area contributed by atoms with Gasteiger partial charge in [0.05, 0.1) is 22.4 Å². The quantitative estimate of drug-likeness (QED) is 0.164. The zero-order valence-corrected chi connectivity index (χ0v) is 38.0. The lowest BCUT2D eigenvalue weighted by molar-refractivity contribution is -0.136. The van der Waals surface area contributed by atoms with E-state index in [1.165, 1.54) is 12.1 Å². The van der Waals surface area contributed by atoms with Crippen molar-refractivity contribution in [2.24, 2.45) is 11.8 Å². The van der Waals surface area contributed by atoms with E-state index < -0.39 is 35.5 Å². The summed E-state index contributed by atoms with van der Waals surface area (Å²) in [7, 11) is 0. The molecule has 2 aromatic heterocycles. The van der Waals surface area contributed by atoms with Crippen molar-refractivity contribution in [2.45, 2.75) is 156 Å². The van der Waals surface area contributed by atoms with E-state index in [0.717, 1.165) is 70.0 Å². The Bertz CT molecular complexity index is 2210. The minimum absolute atomic E-state index is 0.172. The largest absolute Gasteiger partial charge is 0.444 e. The molecule has 0 spiro atoms. The number of aromatic nitrogens is 2. The van der Waals surface area contributed by atoms with Crippen LogP contribution < -0.4 is 10.6 Å². The summed E-state index contributed by atoms with van der Waals surface area (Å²) < 4.78 is 45.8. The molecule has 62 heavy (non-hydrogen) atoms. The van der Waals surface area contributed by atoms with E-state index in [1.54, 1.807) is 53.7 Å². The number of ether oxygens (including phenoxy) is 2. The Kier molecular flexibility index (Phi) is 12.5. The molecule has 4 amide bonds. The van der Waals surface area contributed by atoms with Crippen LogP contribution >= 0.6 is 0 Å². The minimum Gasteiger partial charge on any atom is -0.444 e. The maximum atomic E-state index is 15.2. The third kappa shape index (κ3) is 9.15. The first-order valence-electron chi connectivity index (χ1n) is 22.3. The number of halogens is 2. The average Bonchev–Trinajstić information content (AvgIpc) is 3.96. The first-order chi connectivity index (χ1) is 29.1. The fourth-order valence-electron chi connectivity index (χ4n) is 9.81. The van der Waals surface area contributed by atoms with Crippen molar-refractivity contribution in [3.05, 3.63) is 59.2 Å². The SMILES string of the molecule is CC(C)C(NC(=O)OC(C)(C)C)C(=O)N1CCCC1Cc1c2n(c3cc(F)ccc13)CCn1c-2c(CC2CCCN2C(=O)C(NC(=O)OC(C)(C)C)C(C)C)c2ccc(F)cc21. The number of nitrogens with one attached hydrogen (secondary N) is 2. The van der Waals surface area contributed by atoms with Gasteiger partial charge >= 0.3 is 12.2 Å². The number of amides is 4. The first kappa shape index (κ1) is 44.9. The van der Waals surface area contributed by atoms with Crippen molar-refractivity contribution in [3.63, 3.8) is 0 Å². The molecule has 2 N–H and O–H groups in total. The van der Waals surface area contributed by atoms with Gasteiger partial charge < -0.3 is 39.0 Å². The maximum Gasteiger partial charge on any atom is 0.408 e. The summed E-state index contributed by atoms with van der Waals surface area (Å²) in [6.07, 6.45) is 2.71. The van der Waals surface area contributed by atoms with Crippen molar-refractivity contribution in [1.29, 1.82) is 0 Å². The highest BCUT2D eigenvalue weighted by Gasteiger charge is 2.41. The molecule has 4 aromatic rings. The molecule has 0 saturated carbocycles. The van der Waals surface area contributed by atoms with Crippen molar-refractivity contribution < 1.29 is 37.4 Å². The van der Waals surface area contributed by atoms with E-state index >= 15 is 8.78 Å². The molecule has 0 bridgehead atoms. The molecular weight excluding hydrogens is 795 g/mol. The van der Waals surface area contributed by atoms with Crippen molar-refractivity contribution >= 4 is 45.8 Å². The molecule has 4 unspecified atom stereocenters. The van der Waals surface area contributed by atoms with Gasteiger partial charge in [-0.1, -0.05) is 27.7 Å². The second-order valence-electron chi connectivity index (χ2n) is 20.1. The summed E-state index contributed by atoms with van der Waals surface area (Å²) in [6.45, 7) is 20.4. The zero-order chi connectivity index (χ0) is 45.0. The summed E-state index contributed by atoms with van der Waals surface area (Å²) in [6, 6.07) is 7.71. The van der Waals surface area contributed by atoms with Crippen LogP contribution in [0.5, 0.6) is 0 Å². The number of alkyl carbamates (subject to hydrolysis) is 2. The molecule has 14 heteroatoms. The molecule has 2 saturated heterocycles. The summed E-state index contributed by atoms with van der Waals surface area (Å²) in [4.78, 5) is 58.5. The molecule has 3 aliphatic rings. The highest BCUT2D eigenvalue weighted by molar-refractivity contribution is 5.98. The average molecular weight is 859 g/mol. The Morgan fingerprint density at radius 3 is 1.34 bits per heavy atom. The maximum absolute atomic E-state index is 15.2. The van der Waals surface area contributed by atoms with Gasteiger partial charge in [0.15, 0.2) is 0 Å². The Labute approximate surface area is 363 Å². The van der Waals surface area contributed by atoms with Gasteiger partial charge in [-0.15, -0.1) is 0 Å². The summed E-state index contributed by atoms with van der Waals surface area (Å²) in [5.74, 6) is -1.46. The molecule has 3 aliphatic heterocycles. The molecule has 4 atom stereocenters. The van der Waals surface area contributed by atoms with Crippen molar-refractivity contribution in [2.75, 3.05) is 13.1 Å². The van der Waals surface area contributed by atoms with Crippen molar-refractivity contribution in [3.8, 4) is 11.4 Å². The van der Waals surface area contributed by atoms with E-state index in [4.69, 9.17) is 9.47 Å². The van der Waals surface area contributed by atoms with Crippen LogP contribution in [0.2, 0.25) is 0 Å². The van der Waals surface area contributed by atoms with E-state index in [1.807, 2.05) is 49.6 Å². The van der Waals surface area contributed by atoms with Crippen LogP contribution in [0.1, 0.15) is 106 Å².